The molecule has 2 N–H and O–H groups in total. The van der Waals surface area contributed by atoms with Gasteiger partial charge >= 0.3 is 0 Å². The topological polar surface area (TPSA) is 82.8 Å². The second kappa shape index (κ2) is 7.86. The number of piperidine rings is 1. The van der Waals surface area contributed by atoms with E-state index in [9.17, 15) is 14.7 Å². The number of benzene rings is 2. The van der Waals surface area contributed by atoms with E-state index in [1.165, 1.54) is 0 Å². The third-order valence-electron chi connectivity index (χ3n) is 5.03. The standard InChI is InChI=1S/C22H22N2O4/c25-18-9-11-24(12-10-18)21(26)13-15-5-7-17(8-6-15)23-22(27)20-14-16-3-1-2-4-19(16)28-20/h1-8,14,18,25H,9-13H2,(H,23,27). The predicted molar refractivity (Wildman–Crippen MR) is 106 cm³/mol. The Morgan fingerprint density at radius 3 is 2.50 bits per heavy atom. The summed E-state index contributed by atoms with van der Waals surface area (Å²) in [6.45, 7) is 1.21. The van der Waals surface area contributed by atoms with Crippen LogP contribution in [0.2, 0.25) is 0 Å². The monoisotopic (exact) mass is 378 g/mol. The Kier molecular flexibility index (Phi) is 5.12. The number of fused-ring (bicyclic) bond motifs is 1. The Morgan fingerprint density at radius 1 is 1.07 bits per heavy atom. The van der Waals surface area contributed by atoms with Gasteiger partial charge in [-0.3, -0.25) is 9.59 Å². The highest BCUT2D eigenvalue weighted by Crippen LogP contribution is 2.20. The fraction of sp³-hybridized carbons (Fsp3) is 0.273. The number of amides is 2. The average Bonchev–Trinajstić information content (AvgIpc) is 3.14. The van der Waals surface area contributed by atoms with Crippen molar-refractivity contribution in [1.82, 2.24) is 4.90 Å². The van der Waals surface area contributed by atoms with Gasteiger partial charge in [-0.2, -0.15) is 0 Å². The summed E-state index contributed by atoms with van der Waals surface area (Å²) in [5.74, 6) is 0.00519. The molecule has 144 valence electrons. The molecule has 1 saturated heterocycles. The van der Waals surface area contributed by atoms with E-state index in [1.807, 2.05) is 36.4 Å². The normalized spacial score (nSPS) is 15.0. The number of aliphatic hydroxyl groups is 1. The lowest BCUT2D eigenvalue weighted by Crippen LogP contribution is -2.40. The van der Waals surface area contributed by atoms with Crippen LogP contribution in [0.4, 0.5) is 5.69 Å². The summed E-state index contributed by atoms with van der Waals surface area (Å²) in [6.07, 6.45) is 1.30. The second-order valence-corrected chi connectivity index (χ2v) is 7.09. The van der Waals surface area contributed by atoms with Gasteiger partial charge in [0.2, 0.25) is 5.91 Å². The van der Waals surface area contributed by atoms with E-state index in [0.717, 1.165) is 10.9 Å². The van der Waals surface area contributed by atoms with Crippen LogP contribution in [0.3, 0.4) is 0 Å². The van der Waals surface area contributed by atoms with Crippen molar-refractivity contribution in [2.24, 2.45) is 0 Å². The van der Waals surface area contributed by atoms with Gasteiger partial charge in [0.05, 0.1) is 12.5 Å². The van der Waals surface area contributed by atoms with Crippen molar-refractivity contribution < 1.29 is 19.1 Å². The van der Waals surface area contributed by atoms with Crippen molar-refractivity contribution in [1.29, 1.82) is 0 Å². The van der Waals surface area contributed by atoms with Gasteiger partial charge in [-0.15, -0.1) is 0 Å². The minimum Gasteiger partial charge on any atom is -0.451 e. The van der Waals surface area contributed by atoms with E-state index in [1.54, 1.807) is 23.1 Å². The summed E-state index contributed by atoms with van der Waals surface area (Å²) in [6, 6.07) is 16.4. The Morgan fingerprint density at radius 2 is 1.79 bits per heavy atom. The minimum atomic E-state index is -0.313. The number of carbonyl (C=O) groups is 2. The predicted octanol–water partition coefficient (Wildman–Crippen LogP) is 3.21. The number of hydrogen-bond acceptors (Lipinski definition) is 4. The Bertz CT molecular complexity index is 952. The molecule has 1 aliphatic heterocycles. The SMILES string of the molecule is O=C(Nc1ccc(CC(=O)N2CCC(O)CC2)cc1)c1cc2ccccc2o1. The molecule has 1 fully saturated rings. The number of nitrogens with zero attached hydrogens (tertiary/aromatic N) is 1. The van der Waals surface area contributed by atoms with E-state index in [4.69, 9.17) is 4.42 Å². The first-order chi connectivity index (χ1) is 13.6. The van der Waals surface area contributed by atoms with Gasteiger partial charge < -0.3 is 19.7 Å². The highest BCUT2D eigenvalue weighted by molar-refractivity contribution is 6.04. The van der Waals surface area contributed by atoms with Crippen molar-refractivity contribution in [2.75, 3.05) is 18.4 Å². The quantitative estimate of drug-likeness (QED) is 0.730. The van der Waals surface area contributed by atoms with E-state index in [2.05, 4.69) is 5.32 Å². The molecule has 28 heavy (non-hydrogen) atoms. The molecule has 3 aromatic rings. The van der Waals surface area contributed by atoms with Crippen LogP contribution in [-0.2, 0) is 11.2 Å². The van der Waals surface area contributed by atoms with E-state index in [0.29, 0.717) is 43.6 Å². The van der Waals surface area contributed by atoms with Crippen LogP contribution in [-0.4, -0.2) is 41.0 Å². The fourth-order valence-corrected chi connectivity index (χ4v) is 3.39. The molecular weight excluding hydrogens is 356 g/mol. The number of rotatable bonds is 4. The van der Waals surface area contributed by atoms with Crippen molar-refractivity contribution in [2.45, 2.75) is 25.4 Å². The number of furan rings is 1. The van der Waals surface area contributed by atoms with Crippen LogP contribution in [0, 0.1) is 0 Å². The smallest absolute Gasteiger partial charge is 0.291 e. The van der Waals surface area contributed by atoms with Gasteiger partial charge in [-0.05, 0) is 42.7 Å². The molecule has 0 atom stereocenters. The van der Waals surface area contributed by atoms with Crippen molar-refractivity contribution in [3.63, 3.8) is 0 Å². The van der Waals surface area contributed by atoms with Crippen LogP contribution in [0.5, 0.6) is 0 Å². The molecule has 2 heterocycles. The zero-order valence-corrected chi connectivity index (χ0v) is 15.4. The van der Waals surface area contributed by atoms with Crippen LogP contribution < -0.4 is 5.32 Å². The molecule has 0 unspecified atom stereocenters. The van der Waals surface area contributed by atoms with Gasteiger partial charge in [0, 0.05) is 24.2 Å². The zero-order valence-electron chi connectivity index (χ0n) is 15.4. The van der Waals surface area contributed by atoms with Gasteiger partial charge in [-0.1, -0.05) is 30.3 Å². The maximum atomic E-state index is 12.4. The number of carbonyl (C=O) groups excluding carboxylic acids is 2. The molecule has 0 aliphatic carbocycles. The first-order valence-electron chi connectivity index (χ1n) is 9.43. The van der Waals surface area contributed by atoms with Crippen LogP contribution >= 0.6 is 0 Å². The molecule has 4 rings (SSSR count). The minimum absolute atomic E-state index is 0.0611. The second-order valence-electron chi connectivity index (χ2n) is 7.09. The van der Waals surface area contributed by atoms with Crippen LogP contribution in [0.25, 0.3) is 11.0 Å². The molecule has 6 nitrogen and oxygen atoms in total. The number of para-hydroxylation sites is 1. The average molecular weight is 378 g/mol. The summed E-state index contributed by atoms with van der Waals surface area (Å²) in [7, 11) is 0. The summed E-state index contributed by atoms with van der Waals surface area (Å²) in [4.78, 5) is 26.6. The lowest BCUT2D eigenvalue weighted by molar-refractivity contribution is -0.132. The summed E-state index contributed by atoms with van der Waals surface area (Å²) in [5.41, 5.74) is 2.20. The molecule has 0 bridgehead atoms. The highest BCUT2D eigenvalue weighted by atomic mass is 16.3. The number of likely N-dealkylation sites (tertiary alicyclic amines) is 1. The molecule has 0 spiro atoms. The number of hydrogen-bond donors (Lipinski definition) is 2. The van der Waals surface area contributed by atoms with Crippen molar-refractivity contribution >= 4 is 28.5 Å². The number of anilines is 1. The summed E-state index contributed by atoms with van der Waals surface area (Å²) in [5, 5.41) is 13.2. The molecule has 0 radical (unpaired) electrons. The maximum absolute atomic E-state index is 12.4. The van der Waals surface area contributed by atoms with Gasteiger partial charge in [-0.25, -0.2) is 0 Å². The largest absolute Gasteiger partial charge is 0.451 e. The maximum Gasteiger partial charge on any atom is 0.291 e. The van der Waals surface area contributed by atoms with Crippen molar-refractivity contribution in [3.05, 3.63) is 65.9 Å². The lowest BCUT2D eigenvalue weighted by Gasteiger charge is -2.29. The Balaban J connectivity index is 1.36. The van der Waals surface area contributed by atoms with E-state index in [-0.39, 0.29) is 23.7 Å². The third kappa shape index (κ3) is 4.07. The van der Waals surface area contributed by atoms with Crippen molar-refractivity contribution in [3.8, 4) is 0 Å². The Hall–Kier alpha value is -3.12. The molecule has 1 aliphatic rings. The molecule has 0 saturated carbocycles. The molecule has 2 aromatic carbocycles. The zero-order chi connectivity index (χ0) is 19.5. The number of nitrogens with one attached hydrogen (secondary N) is 1. The first-order valence-corrected chi connectivity index (χ1v) is 9.43. The molecular formula is C22H22N2O4. The van der Waals surface area contributed by atoms with Gasteiger partial charge in [0.25, 0.3) is 5.91 Å². The van der Waals surface area contributed by atoms with Crippen LogP contribution in [0.15, 0.2) is 59.0 Å². The lowest BCUT2D eigenvalue weighted by atomic mass is 10.1. The van der Waals surface area contributed by atoms with Crippen LogP contribution in [0.1, 0.15) is 29.0 Å². The number of aliphatic hydroxyl groups excluding tert-OH is 1. The highest BCUT2D eigenvalue weighted by Gasteiger charge is 2.21. The molecule has 2 amide bonds. The molecule has 6 heteroatoms. The molecule has 1 aromatic heterocycles. The summed E-state index contributed by atoms with van der Waals surface area (Å²) >= 11 is 0. The van der Waals surface area contributed by atoms with E-state index >= 15 is 0 Å². The first kappa shape index (κ1) is 18.3. The van der Waals surface area contributed by atoms with Gasteiger partial charge in [0.15, 0.2) is 5.76 Å². The summed E-state index contributed by atoms with van der Waals surface area (Å²) < 4.78 is 5.57. The van der Waals surface area contributed by atoms with Gasteiger partial charge in [0.1, 0.15) is 5.58 Å². The third-order valence-corrected chi connectivity index (χ3v) is 5.03. The Labute approximate surface area is 162 Å². The fourth-order valence-electron chi connectivity index (χ4n) is 3.39. The van der Waals surface area contributed by atoms with E-state index < -0.39 is 0 Å².